The van der Waals surface area contributed by atoms with Crippen molar-refractivity contribution in [1.29, 1.82) is 0 Å². The lowest BCUT2D eigenvalue weighted by Crippen LogP contribution is -2.05. The van der Waals surface area contributed by atoms with E-state index in [1.807, 2.05) is 85.2 Å². The first-order valence-electron chi connectivity index (χ1n) is 13.0. The van der Waals surface area contributed by atoms with Gasteiger partial charge >= 0.3 is 0 Å². The summed E-state index contributed by atoms with van der Waals surface area (Å²) in [6, 6.07) is 23.6. The predicted octanol–water partition coefficient (Wildman–Crippen LogP) is 6.88. The van der Waals surface area contributed by atoms with Crippen LogP contribution < -0.4 is 4.74 Å². The minimum Gasteiger partial charge on any atom is -0.491 e. The molecule has 4 aromatic rings. The Morgan fingerprint density at radius 3 is 2.50 bits per heavy atom. The summed E-state index contributed by atoms with van der Waals surface area (Å²) in [5, 5.41) is 0. The Bertz CT molecular complexity index is 1400. The molecule has 196 valence electrons. The molecule has 1 unspecified atom stereocenters. The average Bonchev–Trinajstić information content (AvgIpc) is 3.35. The lowest BCUT2D eigenvalue weighted by molar-refractivity contribution is -0.113. The van der Waals surface area contributed by atoms with Gasteiger partial charge in [0, 0.05) is 24.1 Å². The maximum absolute atomic E-state index is 12.8. The van der Waals surface area contributed by atoms with Gasteiger partial charge in [0.15, 0.2) is 5.78 Å². The molecule has 0 saturated carbocycles. The third-order valence-corrected chi connectivity index (χ3v) is 7.37. The molecule has 1 aromatic heterocycles. The molecule has 6 heteroatoms. The number of carbonyl (C=O) groups excluding carboxylic acids is 1. The highest BCUT2D eigenvalue weighted by atomic mass is 32.2. The van der Waals surface area contributed by atoms with E-state index in [-0.39, 0.29) is 11.9 Å². The molecule has 5 nitrogen and oxygen atoms in total. The number of ether oxygens (including phenoxy) is 1. The molecule has 0 aliphatic carbocycles. The molecule has 1 heterocycles. The Morgan fingerprint density at radius 2 is 1.79 bits per heavy atom. The SMILES string of the molecule is CCCn1cncc1CS(=O)c1ccc(CC(=O)/C=C/c2cccc(-c3ccc(OC(C)C)cc3)c2)cc1. The van der Waals surface area contributed by atoms with E-state index in [1.54, 1.807) is 18.6 Å². The normalized spacial score (nSPS) is 12.2. The van der Waals surface area contributed by atoms with Gasteiger partial charge in [-0.25, -0.2) is 4.98 Å². The minimum atomic E-state index is -1.17. The van der Waals surface area contributed by atoms with Crippen molar-refractivity contribution in [2.24, 2.45) is 0 Å². The van der Waals surface area contributed by atoms with Crippen molar-refractivity contribution in [2.45, 2.75) is 56.9 Å². The number of benzene rings is 3. The van der Waals surface area contributed by atoms with Crippen LogP contribution in [0.5, 0.6) is 5.75 Å². The summed E-state index contributed by atoms with van der Waals surface area (Å²) in [4.78, 5) is 17.6. The fraction of sp³-hybridized carbons (Fsp3) is 0.250. The number of hydrogen-bond acceptors (Lipinski definition) is 4. The fourth-order valence-electron chi connectivity index (χ4n) is 4.16. The van der Waals surface area contributed by atoms with Crippen LogP contribution in [0.15, 0.2) is 96.3 Å². The molecule has 0 aliphatic heterocycles. The number of imidazole rings is 1. The fourth-order valence-corrected chi connectivity index (χ4v) is 5.27. The monoisotopic (exact) mass is 526 g/mol. The Balaban J connectivity index is 1.34. The van der Waals surface area contributed by atoms with Crippen molar-refractivity contribution >= 4 is 22.7 Å². The second-order valence-electron chi connectivity index (χ2n) is 9.51. The van der Waals surface area contributed by atoms with E-state index in [2.05, 4.69) is 24.0 Å². The van der Waals surface area contributed by atoms with Crippen molar-refractivity contribution in [3.05, 3.63) is 108 Å². The van der Waals surface area contributed by atoms with E-state index in [1.165, 1.54) is 0 Å². The highest BCUT2D eigenvalue weighted by molar-refractivity contribution is 7.84. The Hall–Kier alpha value is -3.77. The average molecular weight is 527 g/mol. The van der Waals surface area contributed by atoms with Crippen LogP contribution in [0.4, 0.5) is 0 Å². The number of hydrogen-bond donors (Lipinski definition) is 0. The quantitative estimate of drug-likeness (QED) is 0.189. The molecule has 0 N–H and O–H groups in total. The zero-order chi connectivity index (χ0) is 26.9. The van der Waals surface area contributed by atoms with Crippen molar-refractivity contribution in [3.8, 4) is 16.9 Å². The summed E-state index contributed by atoms with van der Waals surface area (Å²) in [7, 11) is -1.17. The first-order chi connectivity index (χ1) is 18.4. The molecule has 0 aliphatic rings. The number of allylic oxidation sites excluding steroid dienone is 1. The molecule has 0 radical (unpaired) electrons. The zero-order valence-electron chi connectivity index (χ0n) is 22.2. The molecule has 0 amide bonds. The molecular weight excluding hydrogens is 492 g/mol. The van der Waals surface area contributed by atoms with E-state index in [4.69, 9.17) is 4.74 Å². The van der Waals surface area contributed by atoms with Gasteiger partial charge in [-0.3, -0.25) is 9.00 Å². The smallest absolute Gasteiger partial charge is 0.160 e. The maximum Gasteiger partial charge on any atom is 0.160 e. The lowest BCUT2D eigenvalue weighted by Gasteiger charge is -2.10. The van der Waals surface area contributed by atoms with E-state index >= 15 is 0 Å². The Labute approximate surface area is 227 Å². The summed E-state index contributed by atoms with van der Waals surface area (Å²) in [5.74, 6) is 1.29. The Kier molecular flexibility index (Phi) is 9.44. The van der Waals surface area contributed by atoms with Crippen molar-refractivity contribution in [2.75, 3.05) is 0 Å². The number of carbonyl (C=O) groups is 1. The molecule has 38 heavy (non-hydrogen) atoms. The van der Waals surface area contributed by atoms with Gasteiger partial charge in [-0.1, -0.05) is 55.5 Å². The molecule has 0 saturated heterocycles. The standard InChI is InChI=1S/C32H34N2O3S/c1-4-18-34-23-33-21-29(34)22-38(36)32-16-9-26(10-17-32)20-30(35)13-8-25-6-5-7-28(19-25)27-11-14-31(15-12-27)37-24(2)3/h5-17,19,21,23-24H,4,18,20,22H2,1-3H3/b13-8+. The molecule has 0 bridgehead atoms. The van der Waals surface area contributed by atoms with Gasteiger partial charge in [-0.05, 0) is 78.9 Å². The van der Waals surface area contributed by atoms with Crippen molar-refractivity contribution in [3.63, 3.8) is 0 Å². The number of aryl methyl sites for hydroxylation is 1. The van der Waals surface area contributed by atoms with E-state index in [9.17, 15) is 9.00 Å². The van der Waals surface area contributed by atoms with Gasteiger partial charge in [0.05, 0.1) is 34.7 Å². The predicted molar refractivity (Wildman–Crippen MR) is 154 cm³/mol. The third-order valence-electron chi connectivity index (χ3n) is 6.01. The first-order valence-corrected chi connectivity index (χ1v) is 14.3. The summed E-state index contributed by atoms with van der Waals surface area (Å²) in [6.07, 6.45) is 8.48. The molecule has 0 fully saturated rings. The maximum atomic E-state index is 12.8. The lowest BCUT2D eigenvalue weighted by atomic mass is 10.0. The number of rotatable bonds is 12. The number of aromatic nitrogens is 2. The van der Waals surface area contributed by atoms with Gasteiger partial charge in [-0.2, -0.15) is 0 Å². The van der Waals surface area contributed by atoms with Crippen LogP contribution in [0, 0.1) is 0 Å². The second kappa shape index (κ2) is 13.2. The van der Waals surface area contributed by atoms with Crippen LogP contribution in [0.1, 0.15) is 44.0 Å². The van der Waals surface area contributed by atoms with E-state index < -0.39 is 10.8 Å². The zero-order valence-corrected chi connectivity index (χ0v) is 23.0. The molecule has 0 spiro atoms. The summed E-state index contributed by atoms with van der Waals surface area (Å²) in [6.45, 7) is 6.99. The molecular formula is C32H34N2O3S. The highest BCUT2D eigenvalue weighted by Gasteiger charge is 2.10. The summed E-state index contributed by atoms with van der Waals surface area (Å²) in [5.41, 5.74) is 5.00. The van der Waals surface area contributed by atoms with E-state index in [0.717, 1.165) is 51.6 Å². The first kappa shape index (κ1) is 27.3. The summed E-state index contributed by atoms with van der Waals surface area (Å²) < 4.78 is 20.6. The van der Waals surface area contributed by atoms with Crippen molar-refractivity contribution in [1.82, 2.24) is 9.55 Å². The van der Waals surface area contributed by atoms with E-state index in [0.29, 0.717) is 12.2 Å². The highest BCUT2D eigenvalue weighted by Crippen LogP contribution is 2.24. The van der Waals surface area contributed by atoms with Gasteiger partial charge in [0.1, 0.15) is 5.75 Å². The van der Waals surface area contributed by atoms with Gasteiger partial charge in [0.2, 0.25) is 0 Å². The topological polar surface area (TPSA) is 61.2 Å². The van der Waals surface area contributed by atoms with Gasteiger partial charge in [0.25, 0.3) is 0 Å². The van der Waals surface area contributed by atoms with Gasteiger partial charge < -0.3 is 9.30 Å². The largest absolute Gasteiger partial charge is 0.491 e. The Morgan fingerprint density at radius 1 is 1.03 bits per heavy atom. The second-order valence-corrected chi connectivity index (χ2v) is 11.0. The number of nitrogens with zero attached hydrogens (tertiary/aromatic N) is 2. The summed E-state index contributed by atoms with van der Waals surface area (Å²) >= 11 is 0. The molecule has 3 aromatic carbocycles. The number of ketones is 1. The third kappa shape index (κ3) is 7.62. The molecule has 4 rings (SSSR count). The minimum absolute atomic E-state index is 0.0166. The van der Waals surface area contributed by atoms with Crippen LogP contribution in [0.25, 0.3) is 17.2 Å². The van der Waals surface area contributed by atoms with Crippen LogP contribution >= 0.6 is 0 Å². The van der Waals surface area contributed by atoms with Crippen LogP contribution in [0.3, 0.4) is 0 Å². The van der Waals surface area contributed by atoms with Gasteiger partial charge in [-0.15, -0.1) is 0 Å². The molecule has 1 atom stereocenters. The van der Waals surface area contributed by atoms with Crippen LogP contribution in [0.2, 0.25) is 0 Å². The van der Waals surface area contributed by atoms with Crippen LogP contribution in [-0.4, -0.2) is 25.6 Å². The van der Waals surface area contributed by atoms with Crippen LogP contribution in [-0.2, 0) is 34.3 Å². The van der Waals surface area contributed by atoms with Crippen molar-refractivity contribution < 1.29 is 13.7 Å².